The van der Waals surface area contributed by atoms with Gasteiger partial charge in [0.1, 0.15) is 23.7 Å². The fourth-order valence-electron chi connectivity index (χ4n) is 4.89. The van der Waals surface area contributed by atoms with E-state index in [1.165, 1.54) is 0 Å². The van der Waals surface area contributed by atoms with Gasteiger partial charge in [0, 0.05) is 38.4 Å². The molecule has 0 aromatic heterocycles. The van der Waals surface area contributed by atoms with Crippen LogP contribution in [0.1, 0.15) is 24.8 Å². The minimum atomic E-state index is -1.44. The molecule has 0 radical (unpaired) electrons. The van der Waals surface area contributed by atoms with Gasteiger partial charge >= 0.3 is 0 Å². The van der Waals surface area contributed by atoms with Crippen LogP contribution in [0, 0.1) is 6.92 Å². The second-order valence-corrected chi connectivity index (χ2v) is 10.2. The predicted octanol–water partition coefficient (Wildman–Crippen LogP) is 2.87. The van der Waals surface area contributed by atoms with Gasteiger partial charge in [-0.05, 0) is 68.1 Å². The number of hydrogen-bond donors (Lipinski definition) is 3. The SMILES string of the molecule is COc1ccc(N2CCC(O)(CN3CC[C@H](O)[C@@](O)(COc4cc(C)ccc4Cl)C3)CC2)cc1. The van der Waals surface area contributed by atoms with Crippen LogP contribution in [0.3, 0.4) is 0 Å². The van der Waals surface area contributed by atoms with Gasteiger partial charge in [-0.15, -0.1) is 0 Å². The van der Waals surface area contributed by atoms with Crippen LogP contribution in [0.25, 0.3) is 0 Å². The average Bonchev–Trinajstić information content (AvgIpc) is 2.83. The molecule has 3 N–H and O–H groups in total. The number of aryl methyl sites for hydroxylation is 1. The van der Waals surface area contributed by atoms with Crippen molar-refractivity contribution in [3.05, 3.63) is 53.1 Å². The van der Waals surface area contributed by atoms with Crippen molar-refractivity contribution < 1.29 is 24.8 Å². The van der Waals surface area contributed by atoms with Gasteiger partial charge < -0.3 is 29.7 Å². The Balaban J connectivity index is 1.33. The zero-order valence-electron chi connectivity index (χ0n) is 19.9. The van der Waals surface area contributed by atoms with Crippen LogP contribution in [0.2, 0.25) is 5.02 Å². The summed E-state index contributed by atoms with van der Waals surface area (Å²) in [5.41, 5.74) is -0.163. The number of piperidine rings is 2. The smallest absolute Gasteiger partial charge is 0.138 e. The molecule has 0 saturated carbocycles. The Morgan fingerprint density at radius 3 is 2.44 bits per heavy atom. The van der Waals surface area contributed by atoms with Gasteiger partial charge in [0.2, 0.25) is 0 Å². The predicted molar refractivity (Wildman–Crippen MR) is 133 cm³/mol. The van der Waals surface area contributed by atoms with Gasteiger partial charge in [-0.1, -0.05) is 17.7 Å². The van der Waals surface area contributed by atoms with Crippen molar-refractivity contribution in [3.63, 3.8) is 0 Å². The molecule has 8 heteroatoms. The van der Waals surface area contributed by atoms with Crippen molar-refractivity contribution in [1.82, 2.24) is 4.90 Å². The van der Waals surface area contributed by atoms with Crippen molar-refractivity contribution in [3.8, 4) is 11.5 Å². The van der Waals surface area contributed by atoms with Crippen LogP contribution in [0.4, 0.5) is 5.69 Å². The van der Waals surface area contributed by atoms with Gasteiger partial charge in [0.15, 0.2) is 0 Å². The number of β-amino-alcohol motifs (C(OH)–C–C–N with tert-alkyl or cyclic N) is 2. The molecule has 34 heavy (non-hydrogen) atoms. The molecule has 2 aliphatic rings. The zero-order valence-corrected chi connectivity index (χ0v) is 20.7. The van der Waals surface area contributed by atoms with E-state index in [-0.39, 0.29) is 13.2 Å². The second kappa shape index (κ2) is 10.3. The molecule has 7 nitrogen and oxygen atoms in total. The molecule has 186 valence electrons. The van der Waals surface area contributed by atoms with Crippen molar-refractivity contribution in [1.29, 1.82) is 0 Å². The number of hydrogen-bond acceptors (Lipinski definition) is 7. The molecular formula is C26H35ClN2O5. The van der Waals surface area contributed by atoms with Crippen LogP contribution in [-0.4, -0.2) is 84.0 Å². The molecule has 2 aromatic carbocycles. The summed E-state index contributed by atoms with van der Waals surface area (Å²) in [6, 6.07) is 13.4. The van der Waals surface area contributed by atoms with E-state index in [1.807, 2.05) is 48.2 Å². The Bertz CT molecular complexity index is 964. The number of rotatable bonds is 7. The summed E-state index contributed by atoms with van der Waals surface area (Å²) >= 11 is 6.22. The van der Waals surface area contributed by atoms with Gasteiger partial charge in [-0.2, -0.15) is 0 Å². The summed E-state index contributed by atoms with van der Waals surface area (Å²) in [7, 11) is 1.65. The van der Waals surface area contributed by atoms with Crippen molar-refractivity contribution in [2.24, 2.45) is 0 Å². The van der Waals surface area contributed by atoms with Crippen molar-refractivity contribution >= 4 is 17.3 Å². The minimum absolute atomic E-state index is 0.0719. The number of methoxy groups -OCH3 is 1. The summed E-state index contributed by atoms with van der Waals surface area (Å²) in [5.74, 6) is 1.31. The average molecular weight is 491 g/mol. The molecule has 0 aliphatic carbocycles. The Morgan fingerprint density at radius 1 is 1.06 bits per heavy atom. The molecule has 0 spiro atoms. The molecule has 2 saturated heterocycles. The first-order valence-electron chi connectivity index (χ1n) is 11.8. The van der Waals surface area contributed by atoms with E-state index in [0.29, 0.717) is 43.1 Å². The number of halogens is 1. The Kier molecular flexibility index (Phi) is 7.60. The fraction of sp³-hybridized carbons (Fsp3) is 0.538. The van der Waals surface area contributed by atoms with E-state index in [1.54, 1.807) is 13.2 Å². The van der Waals surface area contributed by atoms with Crippen molar-refractivity contribution in [2.75, 3.05) is 51.3 Å². The number of ether oxygens (including phenoxy) is 2. The lowest BCUT2D eigenvalue weighted by Crippen LogP contribution is -2.62. The van der Waals surface area contributed by atoms with Crippen LogP contribution >= 0.6 is 11.6 Å². The molecule has 0 amide bonds. The Hall–Kier alpha value is -2.03. The van der Waals surface area contributed by atoms with E-state index in [0.717, 1.165) is 30.1 Å². The molecule has 2 fully saturated rings. The van der Waals surface area contributed by atoms with E-state index in [9.17, 15) is 15.3 Å². The maximum Gasteiger partial charge on any atom is 0.138 e. The molecule has 2 aromatic rings. The molecule has 2 heterocycles. The first kappa shape index (κ1) is 25.1. The highest BCUT2D eigenvalue weighted by atomic mass is 35.5. The van der Waals surface area contributed by atoms with Crippen LogP contribution in [-0.2, 0) is 0 Å². The van der Waals surface area contributed by atoms with E-state index >= 15 is 0 Å². The standard InChI is InChI=1S/C26H35ClN2O5/c1-19-3-8-22(27)23(15-19)34-18-26(32)17-28(12-9-24(26)30)16-25(31)10-13-29(14-11-25)20-4-6-21(33-2)7-5-20/h3-8,15,24,30-32H,9-14,16-18H2,1-2H3/t24-,26-/m0/s1. The number of aliphatic hydroxyl groups excluding tert-OH is 1. The number of aliphatic hydroxyl groups is 3. The third-order valence-electron chi connectivity index (χ3n) is 7.05. The Morgan fingerprint density at radius 2 is 1.76 bits per heavy atom. The summed E-state index contributed by atoms with van der Waals surface area (Å²) < 4.78 is 11.1. The van der Waals surface area contributed by atoms with E-state index in [2.05, 4.69) is 4.90 Å². The second-order valence-electron chi connectivity index (χ2n) is 9.75. The lowest BCUT2D eigenvalue weighted by molar-refractivity contribution is -0.149. The number of likely N-dealkylation sites (tertiary alicyclic amines) is 1. The maximum absolute atomic E-state index is 11.3. The topological polar surface area (TPSA) is 85.6 Å². The molecule has 2 aliphatic heterocycles. The van der Waals surface area contributed by atoms with Gasteiger partial charge in [-0.25, -0.2) is 0 Å². The summed E-state index contributed by atoms with van der Waals surface area (Å²) in [6.45, 7) is 4.65. The van der Waals surface area contributed by atoms with E-state index < -0.39 is 17.3 Å². The highest BCUT2D eigenvalue weighted by molar-refractivity contribution is 6.32. The minimum Gasteiger partial charge on any atom is -0.497 e. The summed E-state index contributed by atoms with van der Waals surface area (Å²) in [6.07, 6.45) is 0.770. The maximum atomic E-state index is 11.3. The largest absolute Gasteiger partial charge is 0.497 e. The molecular weight excluding hydrogens is 456 g/mol. The highest BCUT2D eigenvalue weighted by Gasteiger charge is 2.44. The van der Waals surface area contributed by atoms with Gasteiger partial charge in [0.25, 0.3) is 0 Å². The summed E-state index contributed by atoms with van der Waals surface area (Å²) in [5, 5.41) is 33.5. The molecule has 0 unspecified atom stereocenters. The quantitative estimate of drug-likeness (QED) is 0.550. The normalized spacial score (nSPS) is 25.2. The first-order chi connectivity index (χ1) is 16.2. The third kappa shape index (κ3) is 5.78. The van der Waals surface area contributed by atoms with Crippen LogP contribution in [0.15, 0.2) is 42.5 Å². The van der Waals surface area contributed by atoms with Gasteiger partial charge in [0.05, 0.1) is 23.8 Å². The third-order valence-corrected chi connectivity index (χ3v) is 7.36. The number of benzene rings is 2. The van der Waals surface area contributed by atoms with Crippen LogP contribution in [0.5, 0.6) is 11.5 Å². The zero-order chi connectivity index (χ0) is 24.3. The van der Waals surface area contributed by atoms with E-state index in [4.69, 9.17) is 21.1 Å². The lowest BCUT2D eigenvalue weighted by Gasteiger charge is -2.46. The number of nitrogens with zero attached hydrogens (tertiary/aromatic N) is 2. The molecule has 4 rings (SSSR count). The summed E-state index contributed by atoms with van der Waals surface area (Å²) in [4.78, 5) is 4.31. The van der Waals surface area contributed by atoms with Crippen LogP contribution < -0.4 is 14.4 Å². The Labute approximate surface area is 206 Å². The fourth-order valence-corrected chi connectivity index (χ4v) is 5.07. The first-order valence-corrected chi connectivity index (χ1v) is 12.2. The molecule has 0 bridgehead atoms. The van der Waals surface area contributed by atoms with Gasteiger partial charge in [-0.3, -0.25) is 4.90 Å². The molecule has 2 atom stereocenters. The lowest BCUT2D eigenvalue weighted by atomic mass is 9.86. The van der Waals surface area contributed by atoms with Crippen molar-refractivity contribution in [2.45, 2.75) is 43.5 Å². The monoisotopic (exact) mass is 490 g/mol. The highest BCUT2D eigenvalue weighted by Crippen LogP contribution is 2.32. The number of anilines is 1.